The summed E-state index contributed by atoms with van der Waals surface area (Å²) in [6, 6.07) is 11.1. The summed E-state index contributed by atoms with van der Waals surface area (Å²) >= 11 is 0. The third-order valence-corrected chi connectivity index (χ3v) is 4.83. The summed E-state index contributed by atoms with van der Waals surface area (Å²) in [5.41, 5.74) is 0.616. The quantitative estimate of drug-likeness (QED) is 0.800. The van der Waals surface area contributed by atoms with E-state index in [0.717, 1.165) is 0 Å². The second kappa shape index (κ2) is 7.27. The number of phenolic OH excluding ortho intramolecular Hbond substituents is 1. The summed E-state index contributed by atoms with van der Waals surface area (Å²) in [7, 11) is -3.67. The lowest BCUT2D eigenvalue weighted by atomic mass is 10.1. The molecule has 1 aliphatic rings. The van der Waals surface area contributed by atoms with E-state index in [2.05, 4.69) is 19.9 Å². The maximum Gasteiger partial charge on any atom is 0.262 e. The molecule has 0 aliphatic heterocycles. The SMILES string of the molecule is O=S(=O)(Nc1ccccn1)C1=CCC(N=Nc2ccc(O)cc2)C=C1. The van der Waals surface area contributed by atoms with Gasteiger partial charge in [-0.3, -0.25) is 4.72 Å². The molecular weight excluding hydrogens is 340 g/mol. The van der Waals surface area contributed by atoms with E-state index in [1.165, 1.54) is 24.4 Å². The number of nitrogens with zero attached hydrogens (tertiary/aromatic N) is 3. The van der Waals surface area contributed by atoms with Gasteiger partial charge in [0, 0.05) is 6.20 Å². The Bertz CT molecular complexity index is 920. The first-order valence-corrected chi connectivity index (χ1v) is 9.03. The van der Waals surface area contributed by atoms with E-state index in [1.807, 2.05) is 0 Å². The van der Waals surface area contributed by atoms with Gasteiger partial charge < -0.3 is 5.11 Å². The second-order valence-electron chi connectivity index (χ2n) is 5.32. The Morgan fingerprint density at radius 3 is 2.60 bits per heavy atom. The number of sulfonamides is 1. The fraction of sp³-hybridized carbons (Fsp3) is 0.118. The normalized spacial score (nSPS) is 17.4. The maximum absolute atomic E-state index is 12.3. The number of anilines is 1. The summed E-state index contributed by atoms with van der Waals surface area (Å²) in [6.45, 7) is 0. The molecule has 7 nitrogen and oxygen atoms in total. The highest BCUT2D eigenvalue weighted by Gasteiger charge is 2.19. The zero-order valence-electron chi connectivity index (χ0n) is 13.1. The fourth-order valence-electron chi connectivity index (χ4n) is 2.15. The Morgan fingerprint density at radius 2 is 1.96 bits per heavy atom. The first kappa shape index (κ1) is 16.8. The van der Waals surface area contributed by atoms with Crippen LogP contribution in [0.1, 0.15) is 6.42 Å². The Kier molecular flexibility index (Phi) is 4.90. The lowest BCUT2D eigenvalue weighted by Crippen LogP contribution is -2.17. The molecule has 0 amide bonds. The molecule has 1 aliphatic carbocycles. The number of hydrogen-bond donors (Lipinski definition) is 2. The van der Waals surface area contributed by atoms with Gasteiger partial charge in [0.05, 0.1) is 16.6 Å². The number of aromatic nitrogens is 1. The average molecular weight is 356 g/mol. The molecule has 8 heteroatoms. The van der Waals surface area contributed by atoms with Crippen LogP contribution in [0.4, 0.5) is 11.5 Å². The molecule has 0 fully saturated rings. The number of aromatic hydroxyl groups is 1. The van der Waals surface area contributed by atoms with Crippen LogP contribution in [-0.4, -0.2) is 24.6 Å². The Morgan fingerprint density at radius 1 is 1.16 bits per heavy atom. The van der Waals surface area contributed by atoms with Crippen molar-refractivity contribution in [2.24, 2.45) is 10.2 Å². The zero-order chi connectivity index (χ0) is 17.7. The molecule has 1 aromatic carbocycles. The number of azo groups is 1. The number of allylic oxidation sites excluding steroid dienone is 1. The molecule has 0 saturated carbocycles. The molecule has 1 unspecified atom stereocenters. The van der Waals surface area contributed by atoms with Crippen LogP contribution < -0.4 is 4.72 Å². The minimum atomic E-state index is -3.67. The molecule has 1 atom stereocenters. The van der Waals surface area contributed by atoms with Gasteiger partial charge in [0.2, 0.25) is 0 Å². The molecule has 2 aromatic rings. The summed E-state index contributed by atoms with van der Waals surface area (Å²) < 4.78 is 27.1. The highest BCUT2D eigenvalue weighted by molar-refractivity contribution is 7.96. The first-order valence-electron chi connectivity index (χ1n) is 7.55. The largest absolute Gasteiger partial charge is 0.508 e. The monoisotopic (exact) mass is 356 g/mol. The van der Waals surface area contributed by atoms with Crippen LogP contribution in [0, 0.1) is 0 Å². The molecule has 0 saturated heterocycles. The van der Waals surface area contributed by atoms with Crippen molar-refractivity contribution in [3.63, 3.8) is 0 Å². The Labute approximate surface area is 145 Å². The van der Waals surface area contributed by atoms with Gasteiger partial charge in [-0.2, -0.15) is 10.2 Å². The smallest absolute Gasteiger partial charge is 0.262 e. The summed E-state index contributed by atoms with van der Waals surface area (Å²) in [4.78, 5) is 4.13. The van der Waals surface area contributed by atoms with Crippen molar-refractivity contribution in [3.05, 3.63) is 71.8 Å². The summed E-state index contributed by atoms with van der Waals surface area (Å²) in [6.07, 6.45) is 6.75. The standard InChI is InChI=1S/C17H16N4O3S/c22-15-8-4-13(5-9-15)19-20-14-6-10-16(11-7-14)25(23,24)21-17-3-1-2-12-18-17/h1-6,8-12,14,22H,7H2,(H,18,21). The first-order chi connectivity index (χ1) is 12.0. The van der Waals surface area contributed by atoms with Crippen molar-refractivity contribution < 1.29 is 13.5 Å². The van der Waals surface area contributed by atoms with Gasteiger partial charge in [0.1, 0.15) is 11.6 Å². The second-order valence-corrected chi connectivity index (χ2v) is 7.00. The Hall–Kier alpha value is -3.00. The number of hydrogen-bond acceptors (Lipinski definition) is 6. The molecule has 0 radical (unpaired) electrons. The predicted molar refractivity (Wildman–Crippen MR) is 95.0 cm³/mol. The van der Waals surface area contributed by atoms with Crippen LogP contribution in [0.2, 0.25) is 0 Å². The van der Waals surface area contributed by atoms with E-state index in [0.29, 0.717) is 12.1 Å². The van der Waals surface area contributed by atoms with Crippen molar-refractivity contribution in [1.29, 1.82) is 0 Å². The molecule has 128 valence electrons. The van der Waals surface area contributed by atoms with Crippen molar-refractivity contribution in [2.75, 3.05) is 4.72 Å². The topological polar surface area (TPSA) is 104 Å². The highest BCUT2D eigenvalue weighted by atomic mass is 32.2. The van der Waals surface area contributed by atoms with Crippen LogP contribution in [0.3, 0.4) is 0 Å². The van der Waals surface area contributed by atoms with Gasteiger partial charge in [-0.15, -0.1) is 0 Å². The predicted octanol–water partition coefficient (Wildman–Crippen LogP) is 3.53. The van der Waals surface area contributed by atoms with Crippen LogP contribution in [0.15, 0.2) is 82.0 Å². The molecule has 1 heterocycles. The van der Waals surface area contributed by atoms with Crippen LogP contribution in [0.5, 0.6) is 5.75 Å². The lowest BCUT2D eigenvalue weighted by Gasteiger charge is -2.13. The number of benzene rings is 1. The number of nitrogens with one attached hydrogen (secondary N) is 1. The third kappa shape index (κ3) is 4.51. The van der Waals surface area contributed by atoms with Crippen molar-refractivity contribution >= 4 is 21.5 Å². The van der Waals surface area contributed by atoms with Gasteiger partial charge in [0.15, 0.2) is 0 Å². The van der Waals surface area contributed by atoms with Gasteiger partial charge in [-0.1, -0.05) is 18.2 Å². The molecule has 3 rings (SSSR count). The molecule has 2 N–H and O–H groups in total. The average Bonchev–Trinajstić information content (AvgIpc) is 2.62. The van der Waals surface area contributed by atoms with Crippen molar-refractivity contribution in [3.8, 4) is 5.75 Å². The lowest BCUT2D eigenvalue weighted by molar-refractivity contribution is 0.475. The minimum Gasteiger partial charge on any atom is -0.508 e. The maximum atomic E-state index is 12.3. The minimum absolute atomic E-state index is 0.162. The van der Waals surface area contributed by atoms with Gasteiger partial charge >= 0.3 is 0 Å². The zero-order valence-corrected chi connectivity index (χ0v) is 14.0. The van der Waals surface area contributed by atoms with Crippen molar-refractivity contribution in [1.82, 2.24) is 4.98 Å². The Balaban J connectivity index is 1.64. The van der Waals surface area contributed by atoms with Gasteiger partial charge in [-0.25, -0.2) is 13.4 Å². The molecule has 0 spiro atoms. The van der Waals surface area contributed by atoms with E-state index < -0.39 is 10.0 Å². The summed E-state index contributed by atoms with van der Waals surface area (Å²) in [5, 5.41) is 17.5. The number of rotatable bonds is 5. The van der Waals surface area contributed by atoms with Gasteiger partial charge in [-0.05, 0) is 48.9 Å². The van der Waals surface area contributed by atoms with E-state index in [1.54, 1.807) is 42.5 Å². The van der Waals surface area contributed by atoms with Crippen LogP contribution >= 0.6 is 0 Å². The molecule has 25 heavy (non-hydrogen) atoms. The van der Waals surface area contributed by atoms with Crippen LogP contribution in [0.25, 0.3) is 0 Å². The van der Waals surface area contributed by atoms with E-state index >= 15 is 0 Å². The van der Waals surface area contributed by atoms with E-state index in [4.69, 9.17) is 0 Å². The van der Waals surface area contributed by atoms with E-state index in [-0.39, 0.29) is 22.5 Å². The molecule has 0 bridgehead atoms. The highest BCUT2D eigenvalue weighted by Crippen LogP contribution is 2.22. The van der Waals surface area contributed by atoms with E-state index in [9.17, 15) is 13.5 Å². The number of phenols is 1. The number of pyridine rings is 1. The van der Waals surface area contributed by atoms with Crippen LogP contribution in [-0.2, 0) is 10.0 Å². The third-order valence-electron chi connectivity index (χ3n) is 3.43. The fourth-order valence-corrected chi connectivity index (χ4v) is 3.24. The van der Waals surface area contributed by atoms with Crippen molar-refractivity contribution in [2.45, 2.75) is 12.5 Å². The summed E-state index contributed by atoms with van der Waals surface area (Å²) in [5.74, 6) is 0.431. The van der Waals surface area contributed by atoms with Gasteiger partial charge in [0.25, 0.3) is 10.0 Å². The molecule has 1 aromatic heterocycles. The molecular formula is C17H16N4O3S.